The lowest BCUT2D eigenvalue weighted by molar-refractivity contribution is 0.776. The summed E-state index contributed by atoms with van der Waals surface area (Å²) >= 11 is 0. The molecule has 4 heteroatoms. The zero-order chi connectivity index (χ0) is 21.2. The molecule has 150 valence electrons. The molecule has 2 aromatic carbocycles. The van der Waals surface area contributed by atoms with Crippen molar-refractivity contribution in [2.75, 3.05) is 0 Å². The summed E-state index contributed by atoms with van der Waals surface area (Å²) in [4.78, 5) is 9.53. The molecule has 0 unspecified atom stereocenters. The number of aryl methyl sites for hydroxylation is 2. The fraction of sp³-hybridized carbons (Fsp3) is 0.240. The number of aromatic nitrogens is 4. The van der Waals surface area contributed by atoms with E-state index in [-0.39, 0.29) is 0 Å². The van der Waals surface area contributed by atoms with Crippen LogP contribution in [0, 0.1) is 13.8 Å². The highest BCUT2D eigenvalue weighted by Gasteiger charge is 2.12. The molecule has 0 radical (unpaired) electrons. The van der Waals surface area contributed by atoms with Crippen LogP contribution in [0.3, 0.4) is 0 Å². The van der Waals surface area contributed by atoms with Gasteiger partial charge in [0.25, 0.3) is 5.95 Å². The van der Waals surface area contributed by atoms with Crippen LogP contribution in [0.4, 0.5) is 0 Å². The van der Waals surface area contributed by atoms with Crippen LogP contribution in [0.15, 0.2) is 72.8 Å². The van der Waals surface area contributed by atoms with Crippen molar-refractivity contribution < 1.29 is 0 Å². The van der Waals surface area contributed by atoms with Crippen molar-refractivity contribution in [1.29, 1.82) is 0 Å². The van der Waals surface area contributed by atoms with Crippen molar-refractivity contribution >= 4 is 0 Å². The summed E-state index contributed by atoms with van der Waals surface area (Å²) in [6.45, 7) is 12.0. The van der Waals surface area contributed by atoms with Gasteiger partial charge in [-0.2, -0.15) is 5.10 Å². The first-order valence-electron chi connectivity index (χ1n) is 10.2. The molecule has 0 amide bonds. The first kappa shape index (κ1) is 22.0. The second kappa shape index (κ2) is 10.9. The Morgan fingerprint density at radius 3 is 1.45 bits per heavy atom. The minimum atomic E-state index is 0.589. The van der Waals surface area contributed by atoms with Crippen LogP contribution in [0.25, 0.3) is 28.5 Å². The van der Waals surface area contributed by atoms with E-state index in [0.29, 0.717) is 5.95 Å². The maximum absolute atomic E-state index is 4.76. The molecule has 4 rings (SSSR count). The normalized spacial score (nSPS) is 9.72. The molecule has 2 heterocycles. The largest absolute Gasteiger partial charge is 0.251 e. The molecule has 2 aromatic heterocycles. The van der Waals surface area contributed by atoms with Crippen molar-refractivity contribution in [2.45, 2.75) is 41.5 Å². The lowest BCUT2D eigenvalue weighted by atomic mass is 10.1. The summed E-state index contributed by atoms with van der Waals surface area (Å²) < 4.78 is 1.80. The molecule has 0 aliphatic rings. The Labute approximate surface area is 174 Å². The predicted octanol–water partition coefficient (Wildman–Crippen LogP) is 6.67. The fourth-order valence-corrected chi connectivity index (χ4v) is 2.87. The predicted molar refractivity (Wildman–Crippen MR) is 122 cm³/mol. The second-order valence-corrected chi connectivity index (χ2v) is 6.01. The maximum atomic E-state index is 4.76. The number of rotatable bonds is 3. The van der Waals surface area contributed by atoms with E-state index in [1.165, 1.54) is 0 Å². The summed E-state index contributed by atoms with van der Waals surface area (Å²) in [7, 11) is 0. The number of benzene rings is 2. The second-order valence-electron chi connectivity index (χ2n) is 6.01. The van der Waals surface area contributed by atoms with Gasteiger partial charge in [-0.25, -0.2) is 14.6 Å². The average molecular weight is 387 g/mol. The smallest absolute Gasteiger partial charge is 0.211 e. The van der Waals surface area contributed by atoms with Gasteiger partial charge in [0, 0.05) is 16.8 Å². The van der Waals surface area contributed by atoms with Crippen LogP contribution in [0.1, 0.15) is 39.1 Å². The van der Waals surface area contributed by atoms with Crippen molar-refractivity contribution in [2.24, 2.45) is 0 Å². The Morgan fingerprint density at radius 1 is 0.621 bits per heavy atom. The highest BCUT2D eigenvalue weighted by molar-refractivity contribution is 5.68. The summed E-state index contributed by atoms with van der Waals surface area (Å²) in [5, 5.41) is 4.54. The summed E-state index contributed by atoms with van der Waals surface area (Å²) in [5.74, 6) is 0.589. The van der Waals surface area contributed by atoms with Gasteiger partial charge in [-0.1, -0.05) is 88.4 Å². The molecule has 0 saturated heterocycles. The molecule has 4 aromatic rings. The molecular formula is C25H30N4. The van der Waals surface area contributed by atoms with E-state index in [0.717, 1.165) is 33.9 Å². The third-order valence-corrected chi connectivity index (χ3v) is 4.05. The lowest BCUT2D eigenvalue weighted by Gasteiger charge is -2.10. The molecule has 0 atom stereocenters. The van der Waals surface area contributed by atoms with Gasteiger partial charge in [-0.15, -0.1) is 0 Å². The van der Waals surface area contributed by atoms with Gasteiger partial charge in [-0.3, -0.25) is 0 Å². The van der Waals surface area contributed by atoms with E-state index < -0.39 is 0 Å². The standard InChI is InChI=1S/C21H18N4.2C2H6/c1-15-13-16(2)25(24-15)21-22-19(17-9-5-3-6-10-17)14-20(23-21)18-11-7-4-8-12-18;2*1-2/h3-14H,1-2H3;2*1-2H3. The molecular weight excluding hydrogens is 356 g/mol. The summed E-state index contributed by atoms with van der Waals surface area (Å²) in [6, 6.07) is 24.4. The van der Waals surface area contributed by atoms with Gasteiger partial charge in [0.05, 0.1) is 17.1 Å². The molecule has 0 spiro atoms. The third-order valence-electron chi connectivity index (χ3n) is 4.05. The zero-order valence-corrected chi connectivity index (χ0v) is 18.2. The Bertz CT molecular complexity index is 948. The Hall–Kier alpha value is -3.27. The Balaban J connectivity index is 0.000000707. The van der Waals surface area contributed by atoms with E-state index >= 15 is 0 Å². The summed E-state index contributed by atoms with van der Waals surface area (Å²) in [5.41, 5.74) is 5.86. The molecule has 29 heavy (non-hydrogen) atoms. The first-order valence-corrected chi connectivity index (χ1v) is 10.2. The minimum absolute atomic E-state index is 0.589. The number of nitrogens with zero attached hydrogens (tertiary/aromatic N) is 4. The topological polar surface area (TPSA) is 43.6 Å². The highest BCUT2D eigenvalue weighted by atomic mass is 15.4. The third kappa shape index (κ3) is 5.38. The fourth-order valence-electron chi connectivity index (χ4n) is 2.87. The quantitative estimate of drug-likeness (QED) is 0.395. The molecule has 0 aliphatic heterocycles. The molecule has 0 bridgehead atoms. The van der Waals surface area contributed by atoms with E-state index in [9.17, 15) is 0 Å². The molecule has 4 nitrogen and oxygen atoms in total. The van der Waals surface area contributed by atoms with Crippen LogP contribution < -0.4 is 0 Å². The van der Waals surface area contributed by atoms with Crippen molar-refractivity contribution in [1.82, 2.24) is 19.7 Å². The van der Waals surface area contributed by atoms with Gasteiger partial charge in [-0.05, 0) is 26.0 Å². The van der Waals surface area contributed by atoms with Crippen molar-refractivity contribution in [3.63, 3.8) is 0 Å². The van der Waals surface area contributed by atoms with Gasteiger partial charge < -0.3 is 0 Å². The Kier molecular flexibility index (Phi) is 8.28. The van der Waals surface area contributed by atoms with Crippen LogP contribution in [-0.2, 0) is 0 Å². The van der Waals surface area contributed by atoms with Crippen LogP contribution >= 0.6 is 0 Å². The van der Waals surface area contributed by atoms with Crippen molar-refractivity contribution in [3.8, 4) is 28.5 Å². The minimum Gasteiger partial charge on any atom is -0.211 e. The van der Waals surface area contributed by atoms with E-state index in [1.807, 2.05) is 90.1 Å². The van der Waals surface area contributed by atoms with Gasteiger partial charge in [0.1, 0.15) is 0 Å². The molecule has 0 aliphatic carbocycles. The zero-order valence-electron chi connectivity index (χ0n) is 18.2. The van der Waals surface area contributed by atoms with E-state index in [4.69, 9.17) is 9.97 Å². The lowest BCUT2D eigenvalue weighted by Crippen LogP contribution is -2.07. The van der Waals surface area contributed by atoms with E-state index in [1.54, 1.807) is 4.68 Å². The molecule has 0 N–H and O–H groups in total. The molecule has 0 saturated carbocycles. The maximum Gasteiger partial charge on any atom is 0.251 e. The average Bonchev–Trinajstić information content (AvgIpc) is 3.15. The van der Waals surface area contributed by atoms with Gasteiger partial charge >= 0.3 is 0 Å². The van der Waals surface area contributed by atoms with Crippen molar-refractivity contribution in [3.05, 3.63) is 84.2 Å². The van der Waals surface area contributed by atoms with Crippen LogP contribution in [0.5, 0.6) is 0 Å². The number of hydrogen-bond donors (Lipinski definition) is 0. The summed E-state index contributed by atoms with van der Waals surface area (Å²) in [6.07, 6.45) is 0. The number of hydrogen-bond acceptors (Lipinski definition) is 3. The SMILES string of the molecule is CC.CC.Cc1cc(C)n(-c2nc(-c3ccccc3)cc(-c3ccccc3)n2)n1. The Morgan fingerprint density at radius 2 is 1.07 bits per heavy atom. The van der Waals surface area contributed by atoms with Crippen LogP contribution in [-0.4, -0.2) is 19.7 Å². The monoisotopic (exact) mass is 386 g/mol. The first-order chi connectivity index (χ1) is 14.2. The van der Waals surface area contributed by atoms with E-state index in [2.05, 4.69) is 29.4 Å². The van der Waals surface area contributed by atoms with Crippen LogP contribution in [0.2, 0.25) is 0 Å². The van der Waals surface area contributed by atoms with Gasteiger partial charge in [0.2, 0.25) is 0 Å². The highest BCUT2D eigenvalue weighted by Crippen LogP contribution is 2.25. The van der Waals surface area contributed by atoms with Gasteiger partial charge in [0.15, 0.2) is 0 Å². The molecule has 0 fully saturated rings.